The van der Waals surface area contributed by atoms with Crippen LogP contribution in [0.2, 0.25) is 0 Å². The lowest BCUT2D eigenvalue weighted by atomic mass is 10.0. The Bertz CT molecular complexity index is 1350. The quantitative estimate of drug-likeness (QED) is 0.263. The molecule has 3 N–H and O–H groups in total. The molecule has 2 aromatic carbocycles. The number of rotatable bonds is 13. The Kier molecular flexibility index (Phi) is 11.4. The Balaban J connectivity index is 1.43. The van der Waals surface area contributed by atoms with Gasteiger partial charge in [-0.15, -0.1) is 11.3 Å². The van der Waals surface area contributed by atoms with Crippen LogP contribution >= 0.6 is 23.1 Å². The zero-order valence-corrected chi connectivity index (χ0v) is 25.4. The monoisotopic (exact) mass is 593 g/mol. The smallest absolute Gasteiger partial charge is 0.247 e. The minimum Gasteiger partial charge on any atom is -0.350 e. The molecule has 41 heavy (non-hydrogen) atoms. The van der Waals surface area contributed by atoms with E-state index in [0.29, 0.717) is 18.5 Å². The third-order valence-corrected chi connectivity index (χ3v) is 8.98. The van der Waals surface area contributed by atoms with Gasteiger partial charge in [0.2, 0.25) is 17.7 Å². The number of thioether (sulfide) groups is 1. The van der Waals surface area contributed by atoms with E-state index in [2.05, 4.69) is 46.5 Å². The Hall–Kier alpha value is -3.21. The molecule has 1 aromatic heterocycles. The summed E-state index contributed by atoms with van der Waals surface area (Å²) in [5.74, 6) is 1.31. The summed E-state index contributed by atoms with van der Waals surface area (Å²) in [5.41, 5.74) is 3.66. The lowest BCUT2D eigenvalue weighted by molar-refractivity contribution is -0.128. The Morgan fingerprint density at radius 1 is 1.02 bits per heavy atom. The third-order valence-electron chi connectivity index (χ3n) is 7.00. The first kappa shape index (κ1) is 30.7. The summed E-state index contributed by atoms with van der Waals surface area (Å²) in [7, 11) is 0. The molecule has 0 unspecified atom stereocenters. The molecule has 3 aromatic rings. The fourth-order valence-electron chi connectivity index (χ4n) is 4.77. The molecule has 8 nitrogen and oxygen atoms in total. The molecular formula is C31H39N5O3S2. The molecule has 0 radical (unpaired) electrons. The standard InChI is InChI=1S/C31H39N5O3S2/c1-4-23-10-11-26-28(17-23)41-29(35-26)18-27(33-22(3)37)31(39)34-25(16-24-8-6-5-7-9-24)19-32-30(38)21(2)20-36-12-14-40-15-13-36/h5-11,17,25,27H,2,4,12-16,18-20H2,1,3H3,(H,32,38)(H,33,37)(H,34,39)/t25-,27-/m0/s1. The number of aryl methyl sites for hydroxylation is 1. The molecule has 0 aliphatic carbocycles. The molecule has 0 bridgehead atoms. The molecule has 1 saturated heterocycles. The van der Waals surface area contributed by atoms with E-state index in [9.17, 15) is 14.4 Å². The molecule has 1 fully saturated rings. The average Bonchev–Trinajstić information content (AvgIpc) is 3.37. The Morgan fingerprint density at radius 3 is 2.49 bits per heavy atom. The number of aromatic nitrogens is 1. The van der Waals surface area contributed by atoms with Gasteiger partial charge in [0.15, 0.2) is 0 Å². The molecule has 4 rings (SSSR count). The van der Waals surface area contributed by atoms with E-state index >= 15 is 0 Å². The highest BCUT2D eigenvalue weighted by molar-refractivity contribution is 7.99. The fourth-order valence-corrected chi connectivity index (χ4v) is 6.82. The second kappa shape index (κ2) is 15.1. The Morgan fingerprint density at radius 2 is 1.78 bits per heavy atom. The summed E-state index contributed by atoms with van der Waals surface area (Å²) < 4.78 is 1.06. The van der Waals surface area contributed by atoms with Crippen molar-refractivity contribution in [3.8, 4) is 0 Å². The van der Waals surface area contributed by atoms with Crippen LogP contribution in [-0.4, -0.2) is 77.4 Å². The van der Waals surface area contributed by atoms with Crippen LogP contribution in [0.15, 0.2) is 60.7 Å². The zero-order valence-electron chi connectivity index (χ0n) is 23.8. The van der Waals surface area contributed by atoms with Gasteiger partial charge in [0.25, 0.3) is 0 Å². The maximum Gasteiger partial charge on any atom is 0.247 e. The summed E-state index contributed by atoms with van der Waals surface area (Å²) in [4.78, 5) is 45.4. The van der Waals surface area contributed by atoms with Gasteiger partial charge in [-0.25, -0.2) is 4.98 Å². The van der Waals surface area contributed by atoms with Crippen molar-refractivity contribution >= 4 is 51.0 Å². The second-order valence-electron chi connectivity index (χ2n) is 10.3. The number of benzene rings is 2. The summed E-state index contributed by atoms with van der Waals surface area (Å²) in [6.07, 6.45) is 1.74. The molecule has 1 aliphatic rings. The van der Waals surface area contributed by atoms with Gasteiger partial charge >= 0.3 is 0 Å². The first-order chi connectivity index (χ1) is 19.8. The van der Waals surface area contributed by atoms with Crippen molar-refractivity contribution in [3.63, 3.8) is 0 Å². The van der Waals surface area contributed by atoms with Gasteiger partial charge in [-0.3, -0.25) is 19.3 Å². The van der Waals surface area contributed by atoms with Crippen molar-refractivity contribution in [2.24, 2.45) is 0 Å². The molecule has 10 heteroatoms. The maximum absolute atomic E-state index is 13.6. The van der Waals surface area contributed by atoms with E-state index in [-0.39, 0.29) is 36.7 Å². The minimum absolute atomic E-state index is 0.213. The summed E-state index contributed by atoms with van der Waals surface area (Å²) >= 11 is 3.46. The van der Waals surface area contributed by atoms with E-state index in [1.807, 2.05) is 48.2 Å². The van der Waals surface area contributed by atoms with Crippen molar-refractivity contribution in [2.75, 3.05) is 37.7 Å². The van der Waals surface area contributed by atoms with Crippen molar-refractivity contribution in [1.29, 1.82) is 0 Å². The van der Waals surface area contributed by atoms with E-state index < -0.39 is 6.04 Å². The van der Waals surface area contributed by atoms with Crippen molar-refractivity contribution in [1.82, 2.24) is 25.8 Å². The van der Waals surface area contributed by atoms with E-state index in [1.165, 1.54) is 23.8 Å². The highest BCUT2D eigenvalue weighted by atomic mass is 32.2. The van der Waals surface area contributed by atoms with Gasteiger partial charge in [0.05, 0.1) is 21.3 Å². The molecule has 3 amide bonds. The number of hydrogen-bond acceptors (Lipinski definition) is 7. The largest absolute Gasteiger partial charge is 0.350 e. The van der Waals surface area contributed by atoms with Crippen LogP contribution < -0.4 is 16.0 Å². The van der Waals surface area contributed by atoms with Crippen LogP contribution in [0.25, 0.3) is 10.2 Å². The number of fused-ring (bicyclic) bond motifs is 1. The number of hydrogen-bond donors (Lipinski definition) is 3. The third kappa shape index (κ3) is 9.41. The lowest BCUT2D eigenvalue weighted by Gasteiger charge is -2.27. The summed E-state index contributed by atoms with van der Waals surface area (Å²) in [6, 6.07) is 14.8. The maximum atomic E-state index is 13.6. The molecule has 2 heterocycles. The SMILES string of the molecule is C=C(CN1CCSCC1)C(=O)NC[C@H](Cc1ccccc1)NC(=O)[C@H](Cc1nc2ccc(CC)cc2s1)NC(C)=O. The normalized spacial score (nSPS) is 15.2. The molecule has 2 atom stereocenters. The van der Waals surface area contributed by atoms with Gasteiger partial charge in [-0.05, 0) is 36.1 Å². The fraction of sp³-hybridized carbons (Fsp3) is 0.419. The molecule has 1 aliphatic heterocycles. The topological polar surface area (TPSA) is 103 Å². The number of thiazole rings is 1. The van der Waals surface area contributed by atoms with E-state index in [4.69, 9.17) is 4.98 Å². The number of nitrogens with zero attached hydrogens (tertiary/aromatic N) is 2. The van der Waals surface area contributed by atoms with Crippen LogP contribution in [0.5, 0.6) is 0 Å². The number of amides is 3. The molecule has 0 saturated carbocycles. The van der Waals surface area contributed by atoms with Crippen LogP contribution in [0.1, 0.15) is 30.0 Å². The number of carbonyl (C=O) groups is 3. The Labute approximate surface area is 250 Å². The minimum atomic E-state index is -0.792. The predicted molar refractivity (Wildman–Crippen MR) is 168 cm³/mol. The van der Waals surface area contributed by atoms with Crippen molar-refractivity contribution in [3.05, 3.63) is 76.8 Å². The van der Waals surface area contributed by atoms with Crippen molar-refractivity contribution < 1.29 is 14.4 Å². The van der Waals surface area contributed by atoms with Gasteiger partial charge in [-0.2, -0.15) is 11.8 Å². The molecule has 218 valence electrons. The van der Waals surface area contributed by atoms with Crippen LogP contribution in [0.4, 0.5) is 0 Å². The molecular weight excluding hydrogens is 555 g/mol. The van der Waals surface area contributed by atoms with Gasteiger partial charge in [0.1, 0.15) is 6.04 Å². The highest BCUT2D eigenvalue weighted by Crippen LogP contribution is 2.24. The average molecular weight is 594 g/mol. The highest BCUT2D eigenvalue weighted by Gasteiger charge is 2.25. The second-order valence-corrected chi connectivity index (χ2v) is 12.7. The van der Waals surface area contributed by atoms with Crippen molar-refractivity contribution in [2.45, 2.75) is 45.2 Å². The van der Waals surface area contributed by atoms with Gasteiger partial charge in [0, 0.05) is 56.6 Å². The van der Waals surface area contributed by atoms with Crippen LogP contribution in [0, 0.1) is 0 Å². The molecule has 0 spiro atoms. The van der Waals surface area contributed by atoms with Crippen LogP contribution in [0.3, 0.4) is 0 Å². The number of nitrogens with one attached hydrogen (secondary N) is 3. The predicted octanol–water partition coefficient (Wildman–Crippen LogP) is 3.35. The van der Waals surface area contributed by atoms with E-state index in [0.717, 1.165) is 51.8 Å². The number of carbonyl (C=O) groups excluding carboxylic acids is 3. The zero-order chi connectivity index (χ0) is 29.2. The summed E-state index contributed by atoms with van der Waals surface area (Å²) in [6.45, 7) is 10.2. The lowest BCUT2D eigenvalue weighted by Crippen LogP contribution is -2.53. The van der Waals surface area contributed by atoms with E-state index in [1.54, 1.807) is 0 Å². The first-order valence-electron chi connectivity index (χ1n) is 14.1. The van der Waals surface area contributed by atoms with Crippen LogP contribution in [-0.2, 0) is 33.6 Å². The summed E-state index contributed by atoms with van der Waals surface area (Å²) in [5, 5.41) is 9.64. The first-order valence-corrected chi connectivity index (χ1v) is 16.0. The van der Waals surface area contributed by atoms with Gasteiger partial charge in [-0.1, -0.05) is 49.9 Å². The van der Waals surface area contributed by atoms with Gasteiger partial charge < -0.3 is 16.0 Å².